The molecule has 0 aliphatic carbocycles. The number of amides is 2. The smallest absolute Gasteiger partial charge is 0.239 e. The number of hydrogen-bond donors (Lipinski definition) is 3. The van der Waals surface area contributed by atoms with Gasteiger partial charge in [0.1, 0.15) is 0 Å². The summed E-state index contributed by atoms with van der Waals surface area (Å²) in [5.41, 5.74) is 0. The largest absolute Gasteiger partial charge is 0.355 e. The van der Waals surface area contributed by atoms with Crippen LogP contribution in [0.3, 0.4) is 0 Å². The maximum Gasteiger partial charge on any atom is 0.239 e. The average Bonchev–Trinajstić information content (AvgIpc) is 2.38. The van der Waals surface area contributed by atoms with Gasteiger partial charge in [-0.3, -0.25) is 9.59 Å². The average molecular weight is 255 g/mol. The Morgan fingerprint density at radius 2 is 2.11 bits per heavy atom. The van der Waals surface area contributed by atoms with Gasteiger partial charge in [0.2, 0.25) is 11.8 Å². The van der Waals surface area contributed by atoms with Crippen LogP contribution in [0.2, 0.25) is 0 Å². The minimum Gasteiger partial charge on any atom is -0.355 e. The first-order valence-corrected chi connectivity index (χ1v) is 6.87. The minimum atomic E-state index is -0.127. The number of hydrogen-bond acceptors (Lipinski definition) is 3. The topological polar surface area (TPSA) is 70.2 Å². The van der Waals surface area contributed by atoms with Crippen LogP contribution < -0.4 is 16.0 Å². The van der Waals surface area contributed by atoms with Gasteiger partial charge in [0.25, 0.3) is 0 Å². The van der Waals surface area contributed by atoms with Crippen molar-refractivity contribution in [3.05, 3.63) is 0 Å². The Hall–Kier alpha value is -1.10. The van der Waals surface area contributed by atoms with E-state index in [1.807, 2.05) is 6.92 Å². The molecule has 104 valence electrons. The zero-order valence-electron chi connectivity index (χ0n) is 11.4. The van der Waals surface area contributed by atoms with Crippen LogP contribution in [0.5, 0.6) is 0 Å². The van der Waals surface area contributed by atoms with Gasteiger partial charge in [-0.1, -0.05) is 6.92 Å². The maximum atomic E-state index is 11.7. The Bertz CT molecular complexity index is 275. The second-order valence-electron chi connectivity index (χ2n) is 5.02. The highest BCUT2D eigenvalue weighted by Gasteiger charge is 2.21. The summed E-state index contributed by atoms with van der Waals surface area (Å²) in [5, 5.41) is 8.68. The molecule has 5 heteroatoms. The Kier molecular flexibility index (Phi) is 6.72. The van der Waals surface area contributed by atoms with Gasteiger partial charge < -0.3 is 16.0 Å². The summed E-state index contributed by atoms with van der Waals surface area (Å²) in [5.74, 6) is 0.790. The van der Waals surface area contributed by atoms with Crippen molar-refractivity contribution in [2.45, 2.75) is 33.1 Å². The quantitative estimate of drug-likeness (QED) is 0.638. The molecular weight excluding hydrogens is 230 g/mol. The number of nitrogens with one attached hydrogen (secondary N) is 3. The van der Waals surface area contributed by atoms with Gasteiger partial charge in [-0.2, -0.15) is 0 Å². The lowest BCUT2D eigenvalue weighted by Gasteiger charge is -2.27. The molecule has 0 aromatic heterocycles. The fourth-order valence-corrected chi connectivity index (χ4v) is 2.33. The highest BCUT2D eigenvalue weighted by molar-refractivity contribution is 5.84. The molecule has 2 amide bonds. The molecule has 3 N–H and O–H groups in total. The van der Waals surface area contributed by atoms with Crippen molar-refractivity contribution in [3.8, 4) is 0 Å². The Morgan fingerprint density at radius 3 is 2.72 bits per heavy atom. The summed E-state index contributed by atoms with van der Waals surface area (Å²) in [4.78, 5) is 22.9. The van der Waals surface area contributed by atoms with Crippen molar-refractivity contribution in [2.75, 3.05) is 26.2 Å². The SMILES string of the molecule is CCNC(=O)CNC(=O)CC(C)C1CCCNC1. The van der Waals surface area contributed by atoms with E-state index in [1.165, 1.54) is 12.8 Å². The van der Waals surface area contributed by atoms with Crippen LogP contribution in [-0.2, 0) is 9.59 Å². The third kappa shape index (κ3) is 5.49. The first kappa shape index (κ1) is 15.0. The molecule has 1 aliphatic heterocycles. The van der Waals surface area contributed by atoms with Crippen molar-refractivity contribution in [1.82, 2.24) is 16.0 Å². The van der Waals surface area contributed by atoms with Gasteiger partial charge >= 0.3 is 0 Å². The van der Waals surface area contributed by atoms with E-state index >= 15 is 0 Å². The summed E-state index contributed by atoms with van der Waals surface area (Å²) in [6, 6.07) is 0. The highest BCUT2D eigenvalue weighted by Crippen LogP contribution is 2.22. The van der Waals surface area contributed by atoms with E-state index in [2.05, 4.69) is 22.9 Å². The second-order valence-corrected chi connectivity index (χ2v) is 5.02. The normalized spacial score (nSPS) is 21.1. The predicted octanol–water partition coefficient (Wildman–Crippen LogP) is 0.265. The number of likely N-dealkylation sites (N-methyl/N-ethyl adjacent to an activating group) is 1. The number of carbonyl (C=O) groups excluding carboxylic acids is 2. The highest BCUT2D eigenvalue weighted by atomic mass is 16.2. The van der Waals surface area contributed by atoms with Gasteiger partial charge in [-0.15, -0.1) is 0 Å². The molecule has 2 atom stereocenters. The van der Waals surface area contributed by atoms with E-state index in [-0.39, 0.29) is 18.4 Å². The molecule has 1 rings (SSSR count). The summed E-state index contributed by atoms with van der Waals surface area (Å²) >= 11 is 0. The van der Waals surface area contributed by atoms with Crippen molar-refractivity contribution < 1.29 is 9.59 Å². The first-order chi connectivity index (χ1) is 8.63. The molecule has 0 aromatic rings. The van der Waals surface area contributed by atoms with Gasteiger partial charge in [0.05, 0.1) is 6.54 Å². The number of rotatable bonds is 6. The van der Waals surface area contributed by atoms with Crippen LogP contribution in [0.1, 0.15) is 33.1 Å². The molecule has 18 heavy (non-hydrogen) atoms. The van der Waals surface area contributed by atoms with Gasteiger partial charge in [0.15, 0.2) is 0 Å². The van der Waals surface area contributed by atoms with Crippen LogP contribution in [0.4, 0.5) is 0 Å². The molecule has 2 unspecified atom stereocenters. The van der Waals surface area contributed by atoms with Crippen molar-refractivity contribution in [2.24, 2.45) is 11.8 Å². The zero-order chi connectivity index (χ0) is 13.4. The lowest BCUT2D eigenvalue weighted by Crippen LogP contribution is -2.39. The predicted molar refractivity (Wildman–Crippen MR) is 71.1 cm³/mol. The standard InChI is InChI=1S/C13H25N3O2/c1-3-15-13(18)9-16-12(17)7-10(2)11-5-4-6-14-8-11/h10-11,14H,3-9H2,1-2H3,(H,15,18)(H,16,17). The Morgan fingerprint density at radius 1 is 1.33 bits per heavy atom. The third-order valence-electron chi connectivity index (χ3n) is 3.47. The molecule has 0 bridgehead atoms. The Balaban J connectivity index is 2.20. The molecule has 1 heterocycles. The van der Waals surface area contributed by atoms with E-state index in [0.29, 0.717) is 24.8 Å². The summed E-state index contributed by atoms with van der Waals surface area (Å²) in [6.45, 7) is 6.75. The Labute approximate surface area is 109 Å². The number of carbonyl (C=O) groups is 2. The van der Waals surface area contributed by atoms with E-state index in [0.717, 1.165) is 13.1 Å². The molecule has 5 nitrogen and oxygen atoms in total. The van der Waals surface area contributed by atoms with Crippen molar-refractivity contribution >= 4 is 11.8 Å². The van der Waals surface area contributed by atoms with Gasteiger partial charge in [-0.05, 0) is 44.7 Å². The molecule has 0 aromatic carbocycles. The van der Waals surface area contributed by atoms with E-state index < -0.39 is 0 Å². The van der Waals surface area contributed by atoms with E-state index in [4.69, 9.17) is 0 Å². The van der Waals surface area contributed by atoms with Gasteiger partial charge in [0, 0.05) is 13.0 Å². The molecular formula is C13H25N3O2. The van der Waals surface area contributed by atoms with Crippen LogP contribution in [0.15, 0.2) is 0 Å². The fourth-order valence-electron chi connectivity index (χ4n) is 2.33. The van der Waals surface area contributed by atoms with Crippen LogP contribution in [-0.4, -0.2) is 38.0 Å². The summed E-state index contributed by atoms with van der Waals surface area (Å²) < 4.78 is 0. The fraction of sp³-hybridized carbons (Fsp3) is 0.846. The van der Waals surface area contributed by atoms with E-state index in [1.54, 1.807) is 0 Å². The first-order valence-electron chi connectivity index (χ1n) is 6.87. The maximum absolute atomic E-state index is 11.7. The lowest BCUT2D eigenvalue weighted by atomic mass is 9.85. The summed E-state index contributed by atoms with van der Waals surface area (Å²) in [6.07, 6.45) is 2.89. The molecule has 0 radical (unpaired) electrons. The molecule has 0 saturated carbocycles. The van der Waals surface area contributed by atoms with E-state index in [9.17, 15) is 9.59 Å². The van der Waals surface area contributed by atoms with Gasteiger partial charge in [-0.25, -0.2) is 0 Å². The second kappa shape index (κ2) is 8.08. The minimum absolute atomic E-state index is 0.0284. The van der Waals surface area contributed by atoms with Crippen molar-refractivity contribution in [1.29, 1.82) is 0 Å². The molecule has 1 fully saturated rings. The third-order valence-corrected chi connectivity index (χ3v) is 3.47. The number of piperidine rings is 1. The molecule has 1 aliphatic rings. The van der Waals surface area contributed by atoms with Crippen LogP contribution in [0.25, 0.3) is 0 Å². The molecule has 1 saturated heterocycles. The lowest BCUT2D eigenvalue weighted by molar-refractivity contribution is -0.126. The van der Waals surface area contributed by atoms with Crippen molar-refractivity contribution in [3.63, 3.8) is 0 Å². The van der Waals surface area contributed by atoms with Crippen LogP contribution >= 0.6 is 0 Å². The summed E-state index contributed by atoms with van der Waals surface area (Å²) in [7, 11) is 0. The monoisotopic (exact) mass is 255 g/mol. The molecule has 0 spiro atoms. The zero-order valence-corrected chi connectivity index (χ0v) is 11.4. The van der Waals surface area contributed by atoms with Crippen LogP contribution in [0, 0.1) is 11.8 Å².